The van der Waals surface area contributed by atoms with Crippen LogP contribution in [0, 0.1) is 11.3 Å². The summed E-state index contributed by atoms with van der Waals surface area (Å²) in [7, 11) is 0. The Morgan fingerprint density at radius 1 is 1.80 bits per heavy atom. The van der Waals surface area contributed by atoms with Gasteiger partial charge in [0.1, 0.15) is 0 Å². The van der Waals surface area contributed by atoms with Gasteiger partial charge in [-0.1, -0.05) is 0 Å². The van der Waals surface area contributed by atoms with E-state index in [1.807, 2.05) is 13.0 Å². The number of nitrogen functional groups attached to an aromatic ring is 1. The summed E-state index contributed by atoms with van der Waals surface area (Å²) in [5.41, 5.74) is 11.0. The van der Waals surface area contributed by atoms with Crippen molar-refractivity contribution in [3.63, 3.8) is 0 Å². The van der Waals surface area contributed by atoms with Crippen LogP contribution in [0.25, 0.3) is 0 Å². The summed E-state index contributed by atoms with van der Waals surface area (Å²) < 4.78 is 1.56. The van der Waals surface area contributed by atoms with Crippen LogP contribution < -0.4 is 11.5 Å². The lowest BCUT2D eigenvalue weighted by Gasteiger charge is -2.08. The standard InChI is InChI=1S/C9H13N5O/c1-6(3-2-4-10)14-5-7(11)8(13-14)9(12)15/h5-6H,2-3,11H2,1H3,(H2,12,15). The van der Waals surface area contributed by atoms with Crippen LogP contribution in [0.15, 0.2) is 6.20 Å². The zero-order valence-electron chi connectivity index (χ0n) is 8.47. The topological polar surface area (TPSA) is 111 Å². The molecule has 0 aliphatic heterocycles. The lowest BCUT2D eigenvalue weighted by Crippen LogP contribution is -2.14. The van der Waals surface area contributed by atoms with Gasteiger partial charge >= 0.3 is 0 Å². The van der Waals surface area contributed by atoms with Crippen molar-refractivity contribution in [2.24, 2.45) is 5.73 Å². The monoisotopic (exact) mass is 207 g/mol. The minimum Gasteiger partial charge on any atom is -0.396 e. The zero-order chi connectivity index (χ0) is 11.4. The fourth-order valence-corrected chi connectivity index (χ4v) is 1.23. The molecular weight excluding hydrogens is 194 g/mol. The molecule has 0 saturated carbocycles. The van der Waals surface area contributed by atoms with Crippen molar-refractivity contribution in [1.82, 2.24) is 9.78 Å². The van der Waals surface area contributed by atoms with Crippen molar-refractivity contribution in [2.45, 2.75) is 25.8 Å². The first-order valence-electron chi connectivity index (χ1n) is 4.57. The van der Waals surface area contributed by atoms with Gasteiger partial charge in [0.05, 0.1) is 17.8 Å². The number of aromatic nitrogens is 2. The Bertz CT molecular complexity index is 403. The number of anilines is 1. The normalized spacial score (nSPS) is 12.0. The van der Waals surface area contributed by atoms with E-state index in [-0.39, 0.29) is 17.4 Å². The van der Waals surface area contributed by atoms with Crippen molar-refractivity contribution in [3.8, 4) is 6.07 Å². The number of carbonyl (C=O) groups is 1. The molecule has 4 N–H and O–H groups in total. The molecule has 0 bridgehead atoms. The summed E-state index contributed by atoms with van der Waals surface area (Å²) in [6, 6.07) is 2.08. The second-order valence-corrected chi connectivity index (χ2v) is 3.32. The third-order valence-electron chi connectivity index (χ3n) is 2.12. The molecule has 1 aromatic heterocycles. The Morgan fingerprint density at radius 3 is 2.93 bits per heavy atom. The molecule has 1 aromatic rings. The summed E-state index contributed by atoms with van der Waals surface area (Å²) in [6.07, 6.45) is 2.66. The van der Waals surface area contributed by atoms with E-state index < -0.39 is 5.91 Å². The number of carbonyl (C=O) groups excluding carboxylic acids is 1. The Balaban J connectivity index is 2.83. The second-order valence-electron chi connectivity index (χ2n) is 3.32. The van der Waals surface area contributed by atoms with E-state index in [0.29, 0.717) is 12.8 Å². The van der Waals surface area contributed by atoms with Crippen molar-refractivity contribution >= 4 is 11.6 Å². The number of rotatable bonds is 4. The lowest BCUT2D eigenvalue weighted by molar-refractivity contribution is 0.0995. The molecule has 0 aliphatic rings. The van der Waals surface area contributed by atoms with Crippen LogP contribution >= 0.6 is 0 Å². The van der Waals surface area contributed by atoms with Gasteiger partial charge in [0.25, 0.3) is 5.91 Å². The number of amides is 1. The summed E-state index contributed by atoms with van der Waals surface area (Å²) in [6.45, 7) is 1.90. The molecule has 0 saturated heterocycles. The molecule has 80 valence electrons. The predicted molar refractivity (Wildman–Crippen MR) is 54.7 cm³/mol. The smallest absolute Gasteiger partial charge is 0.271 e. The van der Waals surface area contributed by atoms with Crippen LogP contribution in [0.1, 0.15) is 36.3 Å². The van der Waals surface area contributed by atoms with E-state index in [4.69, 9.17) is 16.7 Å². The second kappa shape index (κ2) is 4.46. The molecule has 1 atom stereocenters. The first-order valence-corrected chi connectivity index (χ1v) is 4.57. The van der Waals surface area contributed by atoms with Gasteiger partial charge in [0.2, 0.25) is 0 Å². The molecule has 1 rings (SSSR count). The highest BCUT2D eigenvalue weighted by atomic mass is 16.1. The molecule has 6 heteroatoms. The van der Waals surface area contributed by atoms with E-state index in [1.54, 1.807) is 10.9 Å². The van der Waals surface area contributed by atoms with E-state index in [0.717, 1.165) is 0 Å². The van der Waals surface area contributed by atoms with Crippen molar-refractivity contribution in [2.75, 3.05) is 5.73 Å². The number of nitrogens with two attached hydrogens (primary N) is 2. The lowest BCUT2D eigenvalue weighted by atomic mass is 10.2. The minimum atomic E-state index is -0.640. The van der Waals surface area contributed by atoms with E-state index in [1.165, 1.54) is 0 Å². The highest BCUT2D eigenvalue weighted by Gasteiger charge is 2.14. The number of nitriles is 1. The average molecular weight is 207 g/mol. The third-order valence-corrected chi connectivity index (χ3v) is 2.12. The largest absolute Gasteiger partial charge is 0.396 e. The van der Waals surface area contributed by atoms with Gasteiger partial charge in [-0.05, 0) is 13.3 Å². The highest BCUT2D eigenvalue weighted by molar-refractivity contribution is 5.95. The van der Waals surface area contributed by atoms with Crippen molar-refractivity contribution < 1.29 is 4.79 Å². The van der Waals surface area contributed by atoms with Crippen LogP contribution in [-0.2, 0) is 0 Å². The number of hydrogen-bond donors (Lipinski definition) is 2. The van der Waals surface area contributed by atoms with Gasteiger partial charge in [0, 0.05) is 12.6 Å². The number of hydrogen-bond acceptors (Lipinski definition) is 4. The van der Waals surface area contributed by atoms with E-state index >= 15 is 0 Å². The first-order chi connectivity index (χ1) is 7.06. The molecule has 0 radical (unpaired) electrons. The van der Waals surface area contributed by atoms with Crippen LogP contribution in [0.2, 0.25) is 0 Å². The maximum absolute atomic E-state index is 10.9. The SMILES string of the molecule is CC(CCC#N)n1cc(N)c(C(N)=O)n1. The Hall–Kier alpha value is -2.03. The van der Waals surface area contributed by atoms with Crippen LogP contribution in [0.4, 0.5) is 5.69 Å². The Kier molecular flexibility index (Phi) is 3.29. The van der Waals surface area contributed by atoms with E-state index in [9.17, 15) is 4.79 Å². The average Bonchev–Trinajstić information content (AvgIpc) is 2.56. The highest BCUT2D eigenvalue weighted by Crippen LogP contribution is 2.16. The summed E-state index contributed by atoms with van der Waals surface area (Å²) in [5.74, 6) is -0.640. The molecule has 0 spiro atoms. The zero-order valence-corrected chi connectivity index (χ0v) is 8.47. The Morgan fingerprint density at radius 2 is 2.47 bits per heavy atom. The van der Waals surface area contributed by atoms with Crippen molar-refractivity contribution in [1.29, 1.82) is 5.26 Å². The van der Waals surface area contributed by atoms with Gasteiger partial charge in [-0.3, -0.25) is 9.48 Å². The molecule has 1 heterocycles. The number of primary amides is 1. The molecule has 6 nitrogen and oxygen atoms in total. The summed E-state index contributed by atoms with van der Waals surface area (Å²) in [5, 5.41) is 12.4. The van der Waals surface area contributed by atoms with Gasteiger partial charge in [-0.25, -0.2) is 0 Å². The molecule has 1 amide bonds. The fraction of sp³-hybridized carbons (Fsp3) is 0.444. The quantitative estimate of drug-likeness (QED) is 0.745. The van der Waals surface area contributed by atoms with Crippen LogP contribution in [-0.4, -0.2) is 15.7 Å². The van der Waals surface area contributed by atoms with E-state index in [2.05, 4.69) is 5.10 Å². The predicted octanol–water partition coefficient (Wildman–Crippen LogP) is 0.429. The third kappa shape index (κ3) is 2.47. The molecule has 0 fully saturated rings. The maximum atomic E-state index is 10.9. The summed E-state index contributed by atoms with van der Waals surface area (Å²) in [4.78, 5) is 10.9. The molecular formula is C9H13N5O. The summed E-state index contributed by atoms with van der Waals surface area (Å²) >= 11 is 0. The first kappa shape index (κ1) is 11.0. The molecule has 15 heavy (non-hydrogen) atoms. The van der Waals surface area contributed by atoms with Gasteiger partial charge in [0.15, 0.2) is 5.69 Å². The maximum Gasteiger partial charge on any atom is 0.271 e. The van der Waals surface area contributed by atoms with Crippen molar-refractivity contribution in [3.05, 3.63) is 11.9 Å². The van der Waals surface area contributed by atoms with Gasteiger partial charge in [-0.15, -0.1) is 0 Å². The number of nitrogens with zero attached hydrogens (tertiary/aromatic N) is 3. The van der Waals surface area contributed by atoms with Crippen LogP contribution in [0.3, 0.4) is 0 Å². The van der Waals surface area contributed by atoms with Gasteiger partial charge < -0.3 is 11.5 Å². The molecule has 1 unspecified atom stereocenters. The van der Waals surface area contributed by atoms with Crippen LogP contribution in [0.5, 0.6) is 0 Å². The Labute approximate surface area is 87.5 Å². The molecule has 0 aromatic carbocycles. The fourth-order valence-electron chi connectivity index (χ4n) is 1.23. The minimum absolute atomic E-state index is 0.0278. The molecule has 0 aliphatic carbocycles. The van der Waals surface area contributed by atoms with Gasteiger partial charge in [-0.2, -0.15) is 10.4 Å².